The van der Waals surface area contributed by atoms with Crippen LogP contribution in [0.25, 0.3) is 0 Å². The van der Waals surface area contributed by atoms with Gasteiger partial charge in [-0.3, -0.25) is 0 Å². The third-order valence-corrected chi connectivity index (χ3v) is 5.14. The molecule has 0 saturated heterocycles. The highest BCUT2D eigenvalue weighted by Gasteiger charge is 2.43. The molecule has 2 N–H and O–H groups in total. The molecule has 1 aliphatic rings. The highest BCUT2D eigenvalue weighted by atomic mass is 32.2. The molecular weight excluding hydrogens is 328 g/mol. The first-order valence-corrected chi connectivity index (χ1v) is 8.13. The van der Waals surface area contributed by atoms with E-state index < -0.39 is 27.4 Å². The summed E-state index contributed by atoms with van der Waals surface area (Å²) >= 11 is 0. The fraction of sp³-hybridized carbons (Fsp3) is 0.200. The molecule has 1 unspecified atom stereocenters. The van der Waals surface area contributed by atoms with Crippen LogP contribution in [0.2, 0.25) is 0 Å². The Hall–Kier alpha value is -2.03. The van der Waals surface area contributed by atoms with Crippen molar-refractivity contribution in [2.75, 3.05) is 0 Å². The number of ether oxygens (including phenoxy) is 1. The molecule has 0 saturated carbocycles. The third-order valence-electron chi connectivity index (χ3n) is 3.55. The molecule has 0 fully saturated rings. The van der Waals surface area contributed by atoms with Crippen molar-refractivity contribution in [3.63, 3.8) is 0 Å². The molecule has 0 aliphatic carbocycles. The predicted molar refractivity (Wildman–Crippen MR) is 77.5 cm³/mol. The Bertz CT molecular complexity index is 890. The van der Waals surface area contributed by atoms with Gasteiger partial charge in [0.1, 0.15) is 23.1 Å². The van der Waals surface area contributed by atoms with E-state index in [-0.39, 0.29) is 22.0 Å². The SMILES string of the molecule is Cc1c(Oc2cc(F)cc(F)c2)ccc2c1C(C)(O)NS2(=O)=O. The summed E-state index contributed by atoms with van der Waals surface area (Å²) in [7, 11) is -3.81. The highest BCUT2D eigenvalue weighted by Crippen LogP contribution is 2.40. The number of rotatable bonds is 2. The summed E-state index contributed by atoms with van der Waals surface area (Å²) in [5.74, 6) is -1.47. The summed E-state index contributed by atoms with van der Waals surface area (Å²) in [5.41, 5.74) is -1.29. The number of sulfonamides is 1. The van der Waals surface area contributed by atoms with Crippen LogP contribution >= 0.6 is 0 Å². The van der Waals surface area contributed by atoms with Crippen molar-refractivity contribution < 1.29 is 27.0 Å². The zero-order chi connectivity index (χ0) is 17.0. The highest BCUT2D eigenvalue weighted by molar-refractivity contribution is 7.89. The van der Waals surface area contributed by atoms with Gasteiger partial charge in [-0.25, -0.2) is 17.2 Å². The number of benzene rings is 2. The molecule has 2 aromatic rings. The van der Waals surface area contributed by atoms with E-state index >= 15 is 0 Å². The molecular formula is C15H13F2NO4S. The second-order valence-corrected chi connectivity index (χ2v) is 7.10. The van der Waals surface area contributed by atoms with Crippen molar-refractivity contribution >= 4 is 10.0 Å². The summed E-state index contributed by atoms with van der Waals surface area (Å²) in [6, 6.07) is 5.37. The van der Waals surface area contributed by atoms with Crippen LogP contribution in [-0.4, -0.2) is 13.5 Å². The third kappa shape index (κ3) is 2.69. The maximum absolute atomic E-state index is 13.2. The van der Waals surface area contributed by atoms with Gasteiger partial charge < -0.3 is 9.84 Å². The predicted octanol–water partition coefficient (Wildman–Crippen LogP) is 2.52. The number of nitrogens with one attached hydrogen (secondary N) is 1. The first-order chi connectivity index (χ1) is 10.6. The fourth-order valence-corrected chi connectivity index (χ4v) is 4.29. The van der Waals surface area contributed by atoms with Gasteiger partial charge in [0.2, 0.25) is 10.0 Å². The van der Waals surface area contributed by atoms with E-state index in [1.54, 1.807) is 6.92 Å². The maximum Gasteiger partial charge on any atom is 0.243 e. The number of aliphatic hydroxyl groups is 1. The molecule has 1 heterocycles. The lowest BCUT2D eigenvalue weighted by Crippen LogP contribution is -2.36. The Balaban J connectivity index is 2.10. The van der Waals surface area contributed by atoms with E-state index in [9.17, 15) is 22.3 Å². The van der Waals surface area contributed by atoms with Gasteiger partial charge in [-0.1, -0.05) is 0 Å². The Morgan fingerprint density at radius 2 is 1.78 bits per heavy atom. The van der Waals surface area contributed by atoms with Crippen LogP contribution in [0.5, 0.6) is 11.5 Å². The summed E-state index contributed by atoms with van der Waals surface area (Å²) in [6.07, 6.45) is 0. The van der Waals surface area contributed by atoms with Gasteiger partial charge in [0.15, 0.2) is 5.72 Å². The van der Waals surface area contributed by atoms with Crippen LogP contribution in [0.3, 0.4) is 0 Å². The van der Waals surface area contributed by atoms with E-state index in [1.165, 1.54) is 19.1 Å². The average Bonchev–Trinajstić information content (AvgIpc) is 2.56. The summed E-state index contributed by atoms with van der Waals surface area (Å²) in [6.45, 7) is 2.86. The molecule has 122 valence electrons. The van der Waals surface area contributed by atoms with Gasteiger partial charge in [0, 0.05) is 29.3 Å². The first kappa shape index (κ1) is 15.9. The Labute approximate surface area is 131 Å². The van der Waals surface area contributed by atoms with Gasteiger partial charge in [-0.05, 0) is 26.0 Å². The maximum atomic E-state index is 13.2. The van der Waals surface area contributed by atoms with Crippen molar-refractivity contribution in [3.8, 4) is 11.5 Å². The zero-order valence-electron chi connectivity index (χ0n) is 12.2. The van der Waals surface area contributed by atoms with Gasteiger partial charge in [0.25, 0.3) is 0 Å². The van der Waals surface area contributed by atoms with Crippen molar-refractivity contribution in [1.82, 2.24) is 4.72 Å². The normalized spacial score (nSPS) is 22.0. The van der Waals surface area contributed by atoms with E-state index in [4.69, 9.17) is 4.74 Å². The lowest BCUT2D eigenvalue weighted by atomic mass is 9.99. The molecule has 0 bridgehead atoms. The molecule has 0 amide bonds. The second-order valence-electron chi connectivity index (χ2n) is 5.45. The molecule has 1 atom stereocenters. The van der Waals surface area contributed by atoms with Crippen LogP contribution in [0.1, 0.15) is 18.1 Å². The Kier molecular flexibility index (Phi) is 3.44. The van der Waals surface area contributed by atoms with Crippen molar-refractivity contribution in [3.05, 3.63) is 53.1 Å². The van der Waals surface area contributed by atoms with E-state index in [1.807, 2.05) is 0 Å². The zero-order valence-corrected chi connectivity index (χ0v) is 13.0. The minimum atomic E-state index is -3.81. The summed E-state index contributed by atoms with van der Waals surface area (Å²) in [4.78, 5) is -0.0576. The minimum Gasteiger partial charge on any atom is -0.457 e. The lowest BCUT2D eigenvalue weighted by Gasteiger charge is -2.20. The van der Waals surface area contributed by atoms with E-state index in [0.29, 0.717) is 11.6 Å². The van der Waals surface area contributed by atoms with E-state index in [2.05, 4.69) is 4.72 Å². The molecule has 23 heavy (non-hydrogen) atoms. The van der Waals surface area contributed by atoms with Crippen molar-refractivity contribution in [2.24, 2.45) is 0 Å². The number of fused-ring (bicyclic) bond motifs is 1. The van der Waals surface area contributed by atoms with Gasteiger partial charge in [-0.15, -0.1) is 0 Å². The molecule has 8 heteroatoms. The van der Waals surface area contributed by atoms with Gasteiger partial charge in [0.05, 0.1) is 4.90 Å². The minimum absolute atomic E-state index is 0.0576. The van der Waals surface area contributed by atoms with E-state index in [0.717, 1.165) is 12.1 Å². The molecule has 5 nitrogen and oxygen atoms in total. The summed E-state index contributed by atoms with van der Waals surface area (Å²) in [5, 5.41) is 10.3. The Morgan fingerprint density at radius 3 is 2.39 bits per heavy atom. The molecule has 3 rings (SSSR count). The Morgan fingerprint density at radius 1 is 1.17 bits per heavy atom. The largest absolute Gasteiger partial charge is 0.457 e. The number of hydrogen-bond donors (Lipinski definition) is 2. The molecule has 0 aromatic heterocycles. The molecule has 2 aromatic carbocycles. The quantitative estimate of drug-likeness (QED) is 0.880. The van der Waals surface area contributed by atoms with Crippen molar-refractivity contribution in [2.45, 2.75) is 24.5 Å². The number of hydrogen-bond acceptors (Lipinski definition) is 4. The monoisotopic (exact) mass is 341 g/mol. The lowest BCUT2D eigenvalue weighted by molar-refractivity contribution is 0.0480. The van der Waals surface area contributed by atoms with Crippen molar-refractivity contribution in [1.29, 1.82) is 0 Å². The molecule has 0 radical (unpaired) electrons. The van der Waals surface area contributed by atoms with Crippen LogP contribution in [0.4, 0.5) is 8.78 Å². The van der Waals surface area contributed by atoms with Crippen LogP contribution in [0, 0.1) is 18.6 Å². The van der Waals surface area contributed by atoms with Crippen LogP contribution in [-0.2, 0) is 15.7 Å². The number of halogens is 2. The standard InChI is InChI=1S/C15H13F2NO4S/c1-8-12(22-11-6-9(16)5-10(17)7-11)3-4-13-14(8)15(2,19)18-23(13,20)21/h3-7,18-19H,1-2H3. The first-order valence-electron chi connectivity index (χ1n) is 6.64. The fourth-order valence-electron chi connectivity index (χ4n) is 2.69. The van der Waals surface area contributed by atoms with Crippen LogP contribution in [0.15, 0.2) is 35.2 Å². The average molecular weight is 341 g/mol. The van der Waals surface area contributed by atoms with Gasteiger partial charge in [-0.2, -0.15) is 4.72 Å². The smallest absolute Gasteiger partial charge is 0.243 e. The second kappa shape index (κ2) is 4.98. The van der Waals surface area contributed by atoms with Gasteiger partial charge >= 0.3 is 0 Å². The molecule has 0 spiro atoms. The van der Waals surface area contributed by atoms with Crippen LogP contribution < -0.4 is 9.46 Å². The molecule has 1 aliphatic heterocycles. The topological polar surface area (TPSA) is 75.6 Å². The summed E-state index contributed by atoms with van der Waals surface area (Å²) < 4.78 is 58.0.